The predicted molar refractivity (Wildman–Crippen MR) is 110 cm³/mol. The Bertz CT molecular complexity index is 840. The number of hydrogen-bond acceptors (Lipinski definition) is 3. The first-order valence-corrected chi connectivity index (χ1v) is 9.62. The number of pyridine rings is 2. The minimum Gasteiger partial charge on any atom is -0.306 e. The van der Waals surface area contributed by atoms with Gasteiger partial charge in [0.1, 0.15) is 0 Å². The summed E-state index contributed by atoms with van der Waals surface area (Å²) < 4.78 is 0. The fourth-order valence-corrected chi connectivity index (χ4v) is 3.39. The average molecular weight is 348 g/mol. The van der Waals surface area contributed by atoms with Gasteiger partial charge in [-0.3, -0.25) is 9.97 Å². The lowest BCUT2D eigenvalue weighted by Gasteiger charge is -2.15. The van der Waals surface area contributed by atoms with Gasteiger partial charge in [-0.2, -0.15) is 0 Å². The van der Waals surface area contributed by atoms with Crippen molar-refractivity contribution < 1.29 is 0 Å². The van der Waals surface area contributed by atoms with E-state index in [-0.39, 0.29) is 0 Å². The maximum atomic E-state index is 4.63. The summed E-state index contributed by atoms with van der Waals surface area (Å²) in [6.45, 7) is 6.64. The van der Waals surface area contributed by atoms with Crippen LogP contribution in [0.4, 0.5) is 0 Å². The van der Waals surface area contributed by atoms with Crippen LogP contribution in [0.25, 0.3) is 10.9 Å². The third-order valence-corrected chi connectivity index (χ3v) is 4.87. The Morgan fingerprint density at radius 3 is 2.58 bits per heavy atom. The molecule has 2 heterocycles. The van der Waals surface area contributed by atoms with Gasteiger partial charge in [-0.15, -0.1) is 0 Å². The molecule has 0 amide bonds. The summed E-state index contributed by atoms with van der Waals surface area (Å²) in [7, 11) is 2.20. The van der Waals surface area contributed by atoms with Crippen molar-refractivity contribution in [2.75, 3.05) is 20.1 Å². The van der Waals surface area contributed by atoms with Crippen molar-refractivity contribution in [3.8, 4) is 0 Å². The van der Waals surface area contributed by atoms with Gasteiger partial charge in [0.2, 0.25) is 0 Å². The van der Waals surface area contributed by atoms with Gasteiger partial charge < -0.3 is 4.90 Å². The van der Waals surface area contributed by atoms with Gasteiger partial charge >= 0.3 is 0 Å². The highest BCUT2D eigenvalue weighted by atomic mass is 15.1. The number of fused-ring (bicyclic) bond motifs is 1. The van der Waals surface area contributed by atoms with Crippen molar-refractivity contribution in [3.63, 3.8) is 0 Å². The summed E-state index contributed by atoms with van der Waals surface area (Å²) in [4.78, 5) is 11.5. The van der Waals surface area contributed by atoms with E-state index in [1.165, 1.54) is 34.2 Å². The maximum absolute atomic E-state index is 4.63. The number of rotatable bonds is 8. The van der Waals surface area contributed by atoms with Crippen molar-refractivity contribution in [3.05, 3.63) is 71.2 Å². The summed E-state index contributed by atoms with van der Waals surface area (Å²) in [5.74, 6) is 0. The van der Waals surface area contributed by atoms with E-state index < -0.39 is 0 Å². The van der Waals surface area contributed by atoms with Gasteiger partial charge in [0.25, 0.3) is 0 Å². The SMILES string of the molecule is CCCN(C)CCCc1cc2c(Cc3ccc(C)cc3)ccnc2cn1. The van der Waals surface area contributed by atoms with Gasteiger partial charge in [-0.1, -0.05) is 36.8 Å². The Balaban J connectivity index is 1.75. The molecule has 1 aromatic carbocycles. The largest absolute Gasteiger partial charge is 0.306 e. The van der Waals surface area contributed by atoms with Crippen LogP contribution in [0.3, 0.4) is 0 Å². The van der Waals surface area contributed by atoms with Crippen molar-refractivity contribution in [1.29, 1.82) is 0 Å². The molecule has 0 atom stereocenters. The van der Waals surface area contributed by atoms with E-state index in [2.05, 4.69) is 72.2 Å². The Labute approximate surface area is 157 Å². The number of benzene rings is 1. The normalized spacial score (nSPS) is 11.4. The molecule has 26 heavy (non-hydrogen) atoms. The molecule has 0 aliphatic heterocycles. The van der Waals surface area contributed by atoms with Crippen molar-refractivity contribution in [1.82, 2.24) is 14.9 Å². The Kier molecular flexibility index (Phi) is 6.35. The number of aryl methyl sites for hydroxylation is 2. The minimum absolute atomic E-state index is 0.933. The zero-order chi connectivity index (χ0) is 18.4. The second-order valence-corrected chi connectivity index (χ2v) is 7.23. The zero-order valence-corrected chi connectivity index (χ0v) is 16.2. The van der Waals surface area contributed by atoms with Crippen LogP contribution in [0.5, 0.6) is 0 Å². The molecule has 0 aliphatic carbocycles. The van der Waals surface area contributed by atoms with Crippen LogP contribution in [0.1, 0.15) is 42.1 Å². The predicted octanol–water partition coefficient (Wildman–Crippen LogP) is 4.80. The summed E-state index contributed by atoms with van der Waals surface area (Å²) in [5.41, 5.74) is 6.11. The fourth-order valence-electron chi connectivity index (χ4n) is 3.39. The van der Waals surface area contributed by atoms with Crippen molar-refractivity contribution in [2.45, 2.75) is 39.5 Å². The van der Waals surface area contributed by atoms with Gasteiger partial charge in [0, 0.05) is 17.3 Å². The standard InChI is InChI=1S/C23H29N3/c1-4-13-26(3)14-5-6-21-16-22-20(11-12-24-23(22)17-25-21)15-19-9-7-18(2)8-10-19/h7-12,16-17H,4-6,13-15H2,1-3H3. The van der Waals surface area contributed by atoms with E-state index in [9.17, 15) is 0 Å². The molecule has 3 aromatic rings. The van der Waals surface area contributed by atoms with E-state index in [1.54, 1.807) is 0 Å². The van der Waals surface area contributed by atoms with E-state index in [0.717, 1.165) is 37.9 Å². The first-order chi connectivity index (χ1) is 12.7. The molecule has 2 aromatic heterocycles. The topological polar surface area (TPSA) is 29.0 Å². The molecule has 3 heteroatoms. The molecule has 0 aliphatic rings. The number of aromatic nitrogens is 2. The number of hydrogen-bond donors (Lipinski definition) is 0. The molecule has 0 N–H and O–H groups in total. The fraction of sp³-hybridized carbons (Fsp3) is 0.391. The third kappa shape index (κ3) is 4.89. The quantitative estimate of drug-likeness (QED) is 0.586. The van der Waals surface area contributed by atoms with E-state index in [4.69, 9.17) is 0 Å². The Morgan fingerprint density at radius 1 is 1.00 bits per heavy atom. The van der Waals surface area contributed by atoms with Crippen molar-refractivity contribution in [2.24, 2.45) is 0 Å². The highest BCUT2D eigenvalue weighted by Crippen LogP contribution is 2.21. The molecule has 0 unspecified atom stereocenters. The summed E-state index contributed by atoms with van der Waals surface area (Å²) in [5, 5.41) is 1.24. The highest BCUT2D eigenvalue weighted by molar-refractivity contribution is 5.81. The van der Waals surface area contributed by atoms with Crippen LogP contribution >= 0.6 is 0 Å². The van der Waals surface area contributed by atoms with Crippen molar-refractivity contribution >= 4 is 10.9 Å². The Morgan fingerprint density at radius 2 is 1.81 bits per heavy atom. The molecule has 0 spiro atoms. The molecule has 0 radical (unpaired) electrons. The lowest BCUT2D eigenvalue weighted by molar-refractivity contribution is 0.330. The lowest BCUT2D eigenvalue weighted by Crippen LogP contribution is -2.20. The minimum atomic E-state index is 0.933. The van der Waals surface area contributed by atoms with Gasteiger partial charge in [0.15, 0.2) is 0 Å². The average Bonchev–Trinajstić information content (AvgIpc) is 2.64. The second kappa shape index (κ2) is 8.91. The van der Waals surface area contributed by atoms with E-state index >= 15 is 0 Å². The molecule has 0 bridgehead atoms. The van der Waals surface area contributed by atoms with Gasteiger partial charge in [0.05, 0.1) is 11.7 Å². The molecular formula is C23H29N3. The lowest BCUT2D eigenvalue weighted by atomic mass is 10.0. The smallest absolute Gasteiger partial charge is 0.0888 e. The van der Waals surface area contributed by atoms with Crippen LogP contribution in [-0.4, -0.2) is 35.0 Å². The molecule has 3 nitrogen and oxygen atoms in total. The molecule has 0 saturated heterocycles. The summed E-state index contributed by atoms with van der Waals surface area (Å²) in [6, 6.07) is 13.2. The Hall–Kier alpha value is -2.26. The molecule has 0 saturated carbocycles. The number of nitrogens with zero attached hydrogens (tertiary/aromatic N) is 3. The monoisotopic (exact) mass is 347 g/mol. The highest BCUT2D eigenvalue weighted by Gasteiger charge is 2.06. The molecular weight excluding hydrogens is 318 g/mol. The van der Waals surface area contributed by atoms with Crippen LogP contribution < -0.4 is 0 Å². The van der Waals surface area contributed by atoms with Crippen LogP contribution in [0, 0.1) is 6.92 Å². The third-order valence-electron chi connectivity index (χ3n) is 4.87. The zero-order valence-electron chi connectivity index (χ0n) is 16.2. The van der Waals surface area contributed by atoms with Crippen LogP contribution in [-0.2, 0) is 12.8 Å². The van der Waals surface area contributed by atoms with Gasteiger partial charge in [-0.05, 0) is 76.0 Å². The molecule has 0 fully saturated rings. The van der Waals surface area contributed by atoms with Crippen LogP contribution in [0.15, 0.2) is 48.8 Å². The summed E-state index contributed by atoms with van der Waals surface area (Å²) in [6.07, 6.45) is 8.12. The maximum Gasteiger partial charge on any atom is 0.0888 e. The first kappa shape index (κ1) is 18.5. The molecule has 136 valence electrons. The van der Waals surface area contributed by atoms with Crippen LogP contribution in [0.2, 0.25) is 0 Å². The summed E-state index contributed by atoms with van der Waals surface area (Å²) >= 11 is 0. The first-order valence-electron chi connectivity index (χ1n) is 9.62. The van der Waals surface area contributed by atoms with Gasteiger partial charge in [-0.25, -0.2) is 0 Å². The molecule has 3 rings (SSSR count). The van der Waals surface area contributed by atoms with E-state index in [0.29, 0.717) is 0 Å². The van der Waals surface area contributed by atoms with E-state index in [1.807, 2.05) is 12.4 Å². The second-order valence-electron chi connectivity index (χ2n) is 7.23.